The maximum atomic E-state index is 2.56. The summed E-state index contributed by atoms with van der Waals surface area (Å²) in [5, 5.41) is 15.7. The van der Waals surface area contributed by atoms with Gasteiger partial charge in [0.1, 0.15) is 0 Å². The van der Waals surface area contributed by atoms with Crippen molar-refractivity contribution in [3.8, 4) is 33.4 Å². The molecule has 0 heterocycles. The largest absolute Gasteiger partial charge is 0.309 e. The molecule has 0 fully saturated rings. The molecule has 0 N–H and O–H groups in total. The Bertz CT molecular complexity index is 4100. The third-order valence-electron chi connectivity index (χ3n) is 15.7. The molecule has 2 aliphatic rings. The standard InChI is InChI=1S/C66H47N/c1-65(2)56-39-58(49-27-12-15-30-52(49)60(56)61-51-29-14-9-24-46(51)48-26-11-17-32-54(48)64(61)65)67(57-33-19-18-22-43(57)40-20-6-5-7-21-40)42-35-37-44-41(38-42)34-36-55-59-50-28-13-8-23-45(50)47-25-10-16-31-53(47)63(59)66(3,4)62(44)55/h5-39H,1-4H3. The lowest BCUT2D eigenvalue weighted by Gasteiger charge is -2.32. The van der Waals surface area contributed by atoms with E-state index in [4.69, 9.17) is 0 Å². The summed E-state index contributed by atoms with van der Waals surface area (Å²) in [6, 6.07) is 79.8. The molecule has 0 unspecified atom stereocenters. The van der Waals surface area contributed by atoms with E-state index in [1.54, 1.807) is 0 Å². The maximum absolute atomic E-state index is 2.56. The fourth-order valence-electron chi connectivity index (χ4n) is 13.0. The molecule has 2 aliphatic carbocycles. The summed E-state index contributed by atoms with van der Waals surface area (Å²) in [6.45, 7) is 9.78. The number of rotatable bonds is 4. The van der Waals surface area contributed by atoms with Crippen LogP contribution in [0.2, 0.25) is 0 Å². The van der Waals surface area contributed by atoms with Crippen molar-refractivity contribution in [1.82, 2.24) is 0 Å². The summed E-state index contributed by atoms with van der Waals surface area (Å²) in [4.78, 5) is 2.56. The molecule has 0 amide bonds. The van der Waals surface area contributed by atoms with Gasteiger partial charge in [-0.05, 0) is 134 Å². The second-order valence-corrected chi connectivity index (χ2v) is 19.9. The molecule has 316 valence electrons. The molecule has 12 aromatic carbocycles. The minimum absolute atomic E-state index is 0.222. The number of anilines is 3. The van der Waals surface area contributed by atoms with Crippen molar-refractivity contribution in [1.29, 1.82) is 0 Å². The fraction of sp³-hybridized carbons (Fsp3) is 0.0909. The molecule has 0 saturated carbocycles. The van der Waals surface area contributed by atoms with E-state index in [1.807, 2.05) is 0 Å². The van der Waals surface area contributed by atoms with Crippen molar-refractivity contribution in [3.63, 3.8) is 0 Å². The highest BCUT2D eigenvalue weighted by Crippen LogP contribution is 2.60. The fourth-order valence-corrected chi connectivity index (χ4v) is 13.0. The maximum Gasteiger partial charge on any atom is 0.0543 e. The zero-order chi connectivity index (χ0) is 44.8. The lowest BCUT2D eigenvalue weighted by atomic mass is 9.78. The number of hydrogen-bond donors (Lipinski definition) is 0. The number of hydrogen-bond acceptors (Lipinski definition) is 1. The van der Waals surface area contributed by atoms with Gasteiger partial charge in [-0.1, -0.05) is 216 Å². The summed E-state index contributed by atoms with van der Waals surface area (Å²) in [7, 11) is 0. The third kappa shape index (κ3) is 5.15. The molecule has 0 aliphatic heterocycles. The minimum Gasteiger partial charge on any atom is -0.309 e. The van der Waals surface area contributed by atoms with Crippen molar-refractivity contribution < 1.29 is 0 Å². The molecule has 0 bridgehead atoms. The van der Waals surface area contributed by atoms with E-state index in [0.29, 0.717) is 0 Å². The van der Waals surface area contributed by atoms with Crippen LogP contribution >= 0.6 is 0 Å². The van der Waals surface area contributed by atoms with Crippen LogP contribution in [0, 0.1) is 0 Å². The van der Waals surface area contributed by atoms with Crippen LogP contribution in [0.5, 0.6) is 0 Å². The van der Waals surface area contributed by atoms with E-state index >= 15 is 0 Å². The quantitative estimate of drug-likeness (QED) is 0.159. The summed E-state index contributed by atoms with van der Waals surface area (Å²) >= 11 is 0. The Morgan fingerprint density at radius 3 is 1.43 bits per heavy atom. The van der Waals surface area contributed by atoms with Gasteiger partial charge in [-0.15, -0.1) is 0 Å². The molecular formula is C66H47N. The van der Waals surface area contributed by atoms with Crippen molar-refractivity contribution in [2.75, 3.05) is 4.90 Å². The first kappa shape index (κ1) is 38.3. The molecule has 12 aromatic rings. The van der Waals surface area contributed by atoms with Gasteiger partial charge in [0, 0.05) is 27.5 Å². The number of para-hydroxylation sites is 1. The molecular weight excluding hydrogens is 807 g/mol. The topological polar surface area (TPSA) is 3.24 Å². The van der Waals surface area contributed by atoms with Crippen LogP contribution in [0.4, 0.5) is 17.1 Å². The summed E-state index contributed by atoms with van der Waals surface area (Å²) < 4.78 is 0. The van der Waals surface area contributed by atoms with Crippen molar-refractivity contribution >= 4 is 81.7 Å². The van der Waals surface area contributed by atoms with Crippen molar-refractivity contribution in [2.45, 2.75) is 38.5 Å². The molecule has 1 heteroatoms. The second-order valence-electron chi connectivity index (χ2n) is 19.9. The number of nitrogens with zero attached hydrogens (tertiary/aromatic N) is 1. The van der Waals surface area contributed by atoms with Crippen LogP contribution in [-0.4, -0.2) is 0 Å². The van der Waals surface area contributed by atoms with Gasteiger partial charge in [0.2, 0.25) is 0 Å². The van der Waals surface area contributed by atoms with Gasteiger partial charge in [0.15, 0.2) is 0 Å². The lowest BCUT2D eigenvalue weighted by molar-refractivity contribution is 0.667. The monoisotopic (exact) mass is 853 g/mol. The SMILES string of the molecule is CC1(C)c2cc(N(c3ccc4c5c(ccc4c3)-c3c(c4ccccc4c4ccccc34)C5(C)C)c3ccccc3-c3ccccc3)c3ccccc3c2-c2c1c1ccccc1c1ccccc21. The first-order valence-electron chi connectivity index (χ1n) is 23.8. The molecule has 1 nitrogen and oxygen atoms in total. The molecule has 0 saturated heterocycles. The number of benzene rings is 12. The van der Waals surface area contributed by atoms with Gasteiger partial charge >= 0.3 is 0 Å². The molecule has 0 aromatic heterocycles. The first-order valence-corrected chi connectivity index (χ1v) is 23.8. The highest BCUT2D eigenvalue weighted by atomic mass is 15.1. The number of fused-ring (bicyclic) bond motifs is 20. The zero-order valence-corrected chi connectivity index (χ0v) is 38.2. The predicted molar refractivity (Wildman–Crippen MR) is 287 cm³/mol. The predicted octanol–water partition coefficient (Wildman–Crippen LogP) is 18.4. The van der Waals surface area contributed by atoms with Crippen LogP contribution in [0.3, 0.4) is 0 Å². The normalized spacial score (nSPS) is 14.2. The highest BCUT2D eigenvalue weighted by Gasteiger charge is 2.42. The Morgan fingerprint density at radius 2 is 0.791 bits per heavy atom. The Morgan fingerprint density at radius 1 is 0.299 bits per heavy atom. The summed E-state index contributed by atoms with van der Waals surface area (Å²) in [6.07, 6.45) is 0. The van der Waals surface area contributed by atoms with Crippen LogP contribution in [0.15, 0.2) is 212 Å². The molecule has 0 spiro atoms. The van der Waals surface area contributed by atoms with Gasteiger partial charge in [-0.3, -0.25) is 0 Å². The average molecular weight is 854 g/mol. The van der Waals surface area contributed by atoms with Gasteiger partial charge in [0.05, 0.1) is 11.4 Å². The van der Waals surface area contributed by atoms with Gasteiger partial charge in [-0.25, -0.2) is 0 Å². The first-order chi connectivity index (χ1) is 32.8. The molecule has 0 radical (unpaired) electrons. The average Bonchev–Trinajstić information content (AvgIpc) is 3.77. The van der Waals surface area contributed by atoms with Crippen LogP contribution in [0.1, 0.15) is 49.9 Å². The molecule has 14 rings (SSSR count). The van der Waals surface area contributed by atoms with Crippen LogP contribution in [0.25, 0.3) is 98.0 Å². The lowest BCUT2D eigenvalue weighted by Crippen LogP contribution is -2.18. The highest BCUT2D eigenvalue weighted by molar-refractivity contribution is 6.23. The Balaban J connectivity index is 1.05. The van der Waals surface area contributed by atoms with Crippen molar-refractivity contribution in [2.24, 2.45) is 0 Å². The van der Waals surface area contributed by atoms with Crippen molar-refractivity contribution in [3.05, 3.63) is 235 Å². The minimum atomic E-state index is -0.281. The van der Waals surface area contributed by atoms with E-state index in [0.717, 1.165) is 11.4 Å². The van der Waals surface area contributed by atoms with Crippen LogP contribution < -0.4 is 4.90 Å². The third-order valence-corrected chi connectivity index (χ3v) is 15.7. The molecule has 67 heavy (non-hydrogen) atoms. The Kier molecular flexibility index (Phi) is 7.87. The van der Waals surface area contributed by atoms with E-state index in [1.165, 1.54) is 126 Å². The van der Waals surface area contributed by atoms with E-state index < -0.39 is 0 Å². The smallest absolute Gasteiger partial charge is 0.0543 e. The van der Waals surface area contributed by atoms with Gasteiger partial charge in [0.25, 0.3) is 0 Å². The zero-order valence-electron chi connectivity index (χ0n) is 38.2. The van der Waals surface area contributed by atoms with E-state index in [2.05, 4.69) is 245 Å². The second kappa shape index (κ2) is 13.8. The van der Waals surface area contributed by atoms with E-state index in [9.17, 15) is 0 Å². The Hall–Kier alpha value is -8.00. The van der Waals surface area contributed by atoms with Gasteiger partial charge < -0.3 is 4.90 Å². The van der Waals surface area contributed by atoms with Crippen LogP contribution in [-0.2, 0) is 10.8 Å². The molecule has 0 atom stereocenters. The summed E-state index contributed by atoms with van der Waals surface area (Å²) in [5.41, 5.74) is 16.4. The van der Waals surface area contributed by atoms with Gasteiger partial charge in [-0.2, -0.15) is 0 Å². The van der Waals surface area contributed by atoms with E-state index in [-0.39, 0.29) is 10.8 Å². The summed E-state index contributed by atoms with van der Waals surface area (Å²) in [5.74, 6) is 0. The Labute approximate surface area is 391 Å².